The highest BCUT2D eigenvalue weighted by atomic mass is 32.2. The summed E-state index contributed by atoms with van der Waals surface area (Å²) < 4.78 is 6.12. The highest BCUT2D eigenvalue weighted by Crippen LogP contribution is 2.39. The number of pyridine rings is 1. The highest BCUT2D eigenvalue weighted by Gasteiger charge is 2.17. The van der Waals surface area contributed by atoms with Gasteiger partial charge >= 0.3 is 0 Å². The molecule has 0 unspecified atom stereocenters. The first-order valence-corrected chi connectivity index (χ1v) is 10.1. The van der Waals surface area contributed by atoms with Crippen molar-refractivity contribution in [3.05, 3.63) is 51.8 Å². The van der Waals surface area contributed by atoms with Crippen molar-refractivity contribution in [1.82, 2.24) is 10.3 Å². The molecule has 144 valence electrons. The number of amides is 1. The number of nitrogens with zero attached hydrogens (tertiary/aromatic N) is 1. The van der Waals surface area contributed by atoms with Crippen LogP contribution in [0.5, 0.6) is 11.5 Å². The van der Waals surface area contributed by atoms with E-state index in [4.69, 9.17) is 4.74 Å². The number of rotatable bonds is 7. The number of nitrogens with one attached hydrogen (secondary N) is 2. The number of fused-ring (bicyclic) bond motifs is 1. The largest absolute Gasteiger partial charge is 0.506 e. The fourth-order valence-electron chi connectivity index (χ4n) is 2.58. The fourth-order valence-corrected chi connectivity index (χ4v) is 4.76. The van der Waals surface area contributed by atoms with E-state index in [1.807, 2.05) is 30.3 Å². The fraction of sp³-hybridized carbons (Fsp3) is 0.211. The Bertz CT molecular complexity index is 1100. The first-order valence-electron chi connectivity index (χ1n) is 8.33. The molecule has 0 aliphatic carbocycles. The molecule has 0 atom stereocenters. The Morgan fingerprint density at radius 3 is 2.82 bits per heavy atom. The molecule has 0 aliphatic heterocycles. The molecule has 1 amide bonds. The smallest absolute Gasteiger partial charge is 0.252 e. The van der Waals surface area contributed by atoms with Gasteiger partial charge in [0.15, 0.2) is 0 Å². The summed E-state index contributed by atoms with van der Waals surface area (Å²) in [5, 5.41) is 22.1. The minimum atomic E-state index is -0.480. The minimum Gasteiger partial charge on any atom is -0.506 e. The number of thiophene rings is 1. The zero-order valence-corrected chi connectivity index (χ0v) is 16.6. The molecule has 7 nitrogen and oxygen atoms in total. The van der Waals surface area contributed by atoms with E-state index >= 15 is 0 Å². The van der Waals surface area contributed by atoms with E-state index < -0.39 is 5.56 Å². The Kier molecular flexibility index (Phi) is 6.23. The van der Waals surface area contributed by atoms with Gasteiger partial charge in [0, 0.05) is 12.6 Å². The molecule has 28 heavy (non-hydrogen) atoms. The van der Waals surface area contributed by atoms with Gasteiger partial charge < -0.3 is 20.1 Å². The van der Waals surface area contributed by atoms with E-state index in [0.717, 1.165) is 17.4 Å². The molecule has 0 radical (unpaired) electrons. The number of ether oxygens (including phenoxy) is 1. The first kappa shape index (κ1) is 19.8. The lowest BCUT2D eigenvalue weighted by Crippen LogP contribution is -2.27. The minimum absolute atomic E-state index is 0.134. The van der Waals surface area contributed by atoms with E-state index in [1.165, 1.54) is 23.1 Å². The molecule has 0 saturated heterocycles. The van der Waals surface area contributed by atoms with Crippen molar-refractivity contribution >= 4 is 39.2 Å². The van der Waals surface area contributed by atoms with Crippen LogP contribution in [0, 0.1) is 11.3 Å². The molecule has 3 rings (SSSR count). The van der Waals surface area contributed by atoms with Gasteiger partial charge in [-0.1, -0.05) is 12.1 Å². The molecule has 0 bridgehead atoms. The number of aromatic nitrogens is 1. The summed E-state index contributed by atoms with van der Waals surface area (Å²) in [6.07, 6.45) is 0.696. The molecular formula is C19H17N3O4S2. The number of H-pyrrole nitrogens is 1. The predicted molar refractivity (Wildman–Crippen MR) is 109 cm³/mol. The van der Waals surface area contributed by atoms with Crippen LogP contribution < -0.4 is 15.6 Å². The second-order valence-corrected chi connectivity index (χ2v) is 8.10. The van der Waals surface area contributed by atoms with Crippen LogP contribution in [-0.2, 0) is 11.2 Å². The van der Waals surface area contributed by atoms with E-state index in [2.05, 4.69) is 10.3 Å². The normalized spacial score (nSPS) is 10.6. The van der Waals surface area contributed by atoms with Crippen molar-refractivity contribution in [3.63, 3.8) is 0 Å². The summed E-state index contributed by atoms with van der Waals surface area (Å²) in [6, 6.07) is 10.7. The van der Waals surface area contributed by atoms with Crippen LogP contribution >= 0.6 is 23.1 Å². The van der Waals surface area contributed by atoms with Crippen molar-refractivity contribution < 1.29 is 14.6 Å². The highest BCUT2D eigenvalue weighted by molar-refractivity contribution is 8.02. The number of aromatic amines is 1. The van der Waals surface area contributed by atoms with E-state index in [1.54, 1.807) is 7.11 Å². The quantitative estimate of drug-likeness (QED) is 0.511. The van der Waals surface area contributed by atoms with Crippen molar-refractivity contribution in [2.45, 2.75) is 10.6 Å². The van der Waals surface area contributed by atoms with Gasteiger partial charge in [-0.15, -0.1) is 23.1 Å². The zero-order chi connectivity index (χ0) is 20.1. The van der Waals surface area contributed by atoms with Gasteiger partial charge in [0.25, 0.3) is 5.56 Å². The molecule has 0 saturated carbocycles. The summed E-state index contributed by atoms with van der Waals surface area (Å²) in [7, 11) is 1.61. The topological polar surface area (TPSA) is 115 Å². The Balaban J connectivity index is 1.57. The maximum atomic E-state index is 12.1. The van der Waals surface area contributed by atoms with Crippen LogP contribution in [0.4, 0.5) is 0 Å². The molecule has 3 aromatic rings. The summed E-state index contributed by atoms with van der Waals surface area (Å²) in [5.74, 6) is 0.594. The first-order chi connectivity index (χ1) is 13.5. The molecule has 0 aliphatic rings. The van der Waals surface area contributed by atoms with Crippen molar-refractivity contribution in [1.29, 1.82) is 5.26 Å². The van der Waals surface area contributed by atoms with Gasteiger partial charge in [-0.3, -0.25) is 9.59 Å². The molecule has 3 N–H and O–H groups in total. The number of aromatic hydroxyl groups is 1. The Labute approximate surface area is 169 Å². The lowest BCUT2D eigenvalue weighted by molar-refractivity contribution is -0.118. The molecule has 1 aromatic carbocycles. The summed E-state index contributed by atoms with van der Waals surface area (Å²) in [5.41, 5.74) is 1.18. The summed E-state index contributed by atoms with van der Waals surface area (Å²) in [6.45, 7) is 0.497. The number of hydrogen-bond donors (Lipinski definition) is 3. The Morgan fingerprint density at radius 1 is 1.39 bits per heavy atom. The molecule has 2 aromatic heterocycles. The maximum absolute atomic E-state index is 12.1. The Morgan fingerprint density at radius 2 is 2.14 bits per heavy atom. The van der Waals surface area contributed by atoms with Gasteiger partial charge in [-0.25, -0.2) is 0 Å². The van der Waals surface area contributed by atoms with Crippen LogP contribution in [0.1, 0.15) is 11.1 Å². The zero-order valence-electron chi connectivity index (χ0n) is 14.9. The molecule has 2 heterocycles. The number of benzene rings is 1. The van der Waals surface area contributed by atoms with Crippen molar-refractivity contribution in [2.24, 2.45) is 0 Å². The molecule has 9 heteroatoms. The molecule has 0 spiro atoms. The summed E-state index contributed by atoms with van der Waals surface area (Å²) >= 11 is 2.38. The maximum Gasteiger partial charge on any atom is 0.252 e. The second kappa shape index (κ2) is 8.82. The van der Waals surface area contributed by atoms with Crippen LogP contribution in [0.3, 0.4) is 0 Å². The van der Waals surface area contributed by atoms with Gasteiger partial charge in [0.2, 0.25) is 5.91 Å². The van der Waals surface area contributed by atoms with Crippen molar-refractivity contribution in [3.8, 4) is 17.6 Å². The second-order valence-electron chi connectivity index (χ2n) is 5.84. The average Bonchev–Trinajstić information content (AvgIpc) is 3.04. The van der Waals surface area contributed by atoms with Gasteiger partial charge in [0.05, 0.1) is 27.3 Å². The third-order valence-corrected chi connectivity index (χ3v) is 6.45. The van der Waals surface area contributed by atoms with Crippen molar-refractivity contribution in [2.75, 3.05) is 19.4 Å². The standard InChI is InChI=1S/C19H17N3O4S2/c1-26-12-4-2-11(3-5-12)6-7-21-16(25)10-27-19-13(9-20)17-18(28-19)14(23)8-15(24)22-17/h2-5,8H,6-7,10H2,1H3,(H,21,25)(H2,22,23,24). The third kappa shape index (κ3) is 4.47. The molecular weight excluding hydrogens is 398 g/mol. The number of thioether (sulfide) groups is 1. The predicted octanol–water partition coefficient (Wildman–Crippen LogP) is 2.63. The number of hydrogen-bond acceptors (Lipinski definition) is 7. The summed E-state index contributed by atoms with van der Waals surface area (Å²) in [4.78, 5) is 26.2. The number of carbonyl (C=O) groups is 1. The lowest BCUT2D eigenvalue weighted by atomic mass is 10.1. The van der Waals surface area contributed by atoms with Gasteiger partial charge in [-0.2, -0.15) is 5.26 Å². The Hall–Kier alpha value is -2.96. The lowest BCUT2D eigenvalue weighted by Gasteiger charge is -2.06. The van der Waals surface area contributed by atoms with E-state index in [0.29, 0.717) is 27.4 Å². The van der Waals surface area contributed by atoms with Crippen LogP contribution in [0.25, 0.3) is 10.2 Å². The van der Waals surface area contributed by atoms with Crippen LogP contribution in [0.15, 0.2) is 39.3 Å². The van der Waals surface area contributed by atoms with E-state index in [9.17, 15) is 20.0 Å². The third-order valence-electron chi connectivity index (χ3n) is 3.97. The number of carbonyl (C=O) groups excluding carboxylic acids is 1. The molecule has 0 fully saturated rings. The van der Waals surface area contributed by atoms with Crippen LogP contribution in [0.2, 0.25) is 0 Å². The van der Waals surface area contributed by atoms with E-state index in [-0.39, 0.29) is 23.0 Å². The SMILES string of the molecule is COc1ccc(CCNC(=O)CSc2sc3c(O)cc(=O)[nH]c3c2C#N)cc1. The number of nitriles is 1. The average molecular weight is 415 g/mol. The van der Waals surface area contributed by atoms with Gasteiger partial charge in [0.1, 0.15) is 23.1 Å². The monoisotopic (exact) mass is 415 g/mol. The van der Waals surface area contributed by atoms with Crippen LogP contribution in [-0.4, -0.2) is 35.4 Å². The number of methoxy groups -OCH3 is 1. The van der Waals surface area contributed by atoms with Gasteiger partial charge in [-0.05, 0) is 24.1 Å².